The van der Waals surface area contributed by atoms with Crippen molar-refractivity contribution in [2.45, 2.75) is 6.42 Å². The Morgan fingerprint density at radius 2 is 2.29 bits per heavy atom. The number of carbonyl (C=O) groups is 3. The third kappa shape index (κ3) is 3.12. The molecular weight excluding hydrogens is 380 g/mol. The van der Waals surface area contributed by atoms with E-state index in [4.69, 9.17) is 0 Å². The normalized spacial score (nSPS) is 17.3. The second-order valence-corrected chi connectivity index (χ2v) is 6.35. The molecule has 0 bridgehead atoms. The van der Waals surface area contributed by atoms with E-state index >= 15 is 0 Å². The number of aromatic nitrogens is 2. The number of nitrogens with zero attached hydrogens (tertiary/aromatic N) is 2. The molecule has 0 unspecified atom stereocenters. The van der Waals surface area contributed by atoms with Gasteiger partial charge in [-0.3, -0.25) is 24.4 Å². The summed E-state index contributed by atoms with van der Waals surface area (Å²) in [5, 5.41) is 10.4. The van der Waals surface area contributed by atoms with E-state index in [0.29, 0.717) is 5.82 Å². The van der Waals surface area contributed by atoms with Crippen LogP contribution in [0, 0.1) is 5.92 Å². The summed E-state index contributed by atoms with van der Waals surface area (Å²) in [6.07, 6.45) is 0.0812. The number of fused-ring (bicyclic) bond motifs is 1. The Hall–Kier alpha value is -2.42. The number of hydrogen-bond donors (Lipinski definition) is 2. The standard InChI is InChI=1S/C15H15BrN4O4/c1-24-13(22)6-17-15(23)8-4-12(21)20(7-8)14-10-3-2-9(16)5-11(10)18-19-14/h2-3,5,8H,4,6-7H2,1H3,(H,17,23)(H,18,19)/t8-/m1/s1. The number of hydrogen-bond acceptors (Lipinski definition) is 5. The van der Waals surface area contributed by atoms with Gasteiger partial charge in [-0.1, -0.05) is 15.9 Å². The van der Waals surface area contributed by atoms with Crippen molar-refractivity contribution in [3.05, 3.63) is 22.7 Å². The molecule has 2 amide bonds. The number of amides is 2. The number of esters is 1. The van der Waals surface area contributed by atoms with Gasteiger partial charge in [0, 0.05) is 22.8 Å². The van der Waals surface area contributed by atoms with Crippen molar-refractivity contribution in [1.29, 1.82) is 0 Å². The number of methoxy groups -OCH3 is 1. The highest BCUT2D eigenvalue weighted by atomic mass is 79.9. The Morgan fingerprint density at radius 1 is 1.50 bits per heavy atom. The van der Waals surface area contributed by atoms with Crippen molar-refractivity contribution in [2.24, 2.45) is 5.92 Å². The molecule has 0 saturated carbocycles. The van der Waals surface area contributed by atoms with E-state index in [9.17, 15) is 14.4 Å². The first-order valence-electron chi connectivity index (χ1n) is 7.28. The van der Waals surface area contributed by atoms with Gasteiger partial charge in [-0.25, -0.2) is 0 Å². The third-order valence-corrected chi connectivity index (χ3v) is 4.38. The molecule has 2 heterocycles. The van der Waals surface area contributed by atoms with Gasteiger partial charge in [-0.15, -0.1) is 0 Å². The summed E-state index contributed by atoms with van der Waals surface area (Å²) in [6.45, 7) is 0.0151. The minimum Gasteiger partial charge on any atom is -0.468 e. The van der Waals surface area contributed by atoms with Gasteiger partial charge in [-0.05, 0) is 18.2 Å². The van der Waals surface area contributed by atoms with Crippen LogP contribution in [0.4, 0.5) is 5.82 Å². The number of nitrogens with one attached hydrogen (secondary N) is 2. The van der Waals surface area contributed by atoms with E-state index in [-0.39, 0.29) is 31.3 Å². The number of anilines is 1. The molecule has 1 aromatic carbocycles. The molecule has 1 fully saturated rings. The quantitative estimate of drug-likeness (QED) is 0.751. The summed E-state index contributed by atoms with van der Waals surface area (Å²) in [7, 11) is 1.25. The molecule has 24 heavy (non-hydrogen) atoms. The maximum absolute atomic E-state index is 12.3. The topological polar surface area (TPSA) is 104 Å². The Labute approximate surface area is 145 Å². The summed E-state index contributed by atoms with van der Waals surface area (Å²) in [5.74, 6) is -1.08. The lowest BCUT2D eigenvalue weighted by atomic mass is 10.1. The molecule has 2 aromatic rings. The molecule has 0 aliphatic carbocycles. The van der Waals surface area contributed by atoms with Gasteiger partial charge < -0.3 is 10.1 Å². The highest BCUT2D eigenvalue weighted by molar-refractivity contribution is 9.10. The third-order valence-electron chi connectivity index (χ3n) is 3.89. The van der Waals surface area contributed by atoms with Crippen LogP contribution in [0.2, 0.25) is 0 Å². The van der Waals surface area contributed by atoms with Crippen LogP contribution in [-0.4, -0.2) is 48.2 Å². The van der Waals surface area contributed by atoms with Crippen LogP contribution >= 0.6 is 15.9 Å². The van der Waals surface area contributed by atoms with Crippen molar-refractivity contribution in [1.82, 2.24) is 15.5 Å². The van der Waals surface area contributed by atoms with Crippen molar-refractivity contribution >= 4 is 50.4 Å². The fourth-order valence-electron chi connectivity index (χ4n) is 2.65. The van der Waals surface area contributed by atoms with Gasteiger partial charge in [0.25, 0.3) is 0 Å². The van der Waals surface area contributed by atoms with Crippen molar-refractivity contribution in [3.8, 4) is 0 Å². The molecule has 8 nitrogen and oxygen atoms in total. The minimum atomic E-state index is -0.534. The summed E-state index contributed by atoms with van der Waals surface area (Å²) in [5.41, 5.74) is 0.797. The van der Waals surface area contributed by atoms with Gasteiger partial charge >= 0.3 is 5.97 Å². The van der Waals surface area contributed by atoms with E-state index in [1.54, 1.807) is 0 Å². The molecule has 1 atom stereocenters. The Morgan fingerprint density at radius 3 is 3.04 bits per heavy atom. The first-order valence-corrected chi connectivity index (χ1v) is 8.07. The van der Waals surface area contributed by atoms with E-state index in [2.05, 4.69) is 36.2 Å². The van der Waals surface area contributed by atoms with Crippen LogP contribution in [-0.2, 0) is 19.1 Å². The largest absolute Gasteiger partial charge is 0.468 e. The average Bonchev–Trinajstić information content (AvgIpc) is 3.14. The molecular formula is C15H15BrN4O4. The zero-order chi connectivity index (χ0) is 17.3. The SMILES string of the molecule is COC(=O)CNC(=O)[C@@H]1CC(=O)N(c2n[nH]c3cc(Br)ccc23)C1. The van der Waals surface area contributed by atoms with Crippen molar-refractivity contribution in [2.75, 3.05) is 25.1 Å². The second-order valence-electron chi connectivity index (χ2n) is 5.44. The molecule has 126 valence electrons. The van der Waals surface area contributed by atoms with Crippen LogP contribution in [0.5, 0.6) is 0 Å². The summed E-state index contributed by atoms with van der Waals surface area (Å²) >= 11 is 3.38. The molecule has 3 rings (SSSR count). The molecule has 9 heteroatoms. The lowest BCUT2D eigenvalue weighted by Gasteiger charge is -2.14. The molecule has 1 aliphatic heterocycles. The maximum atomic E-state index is 12.3. The van der Waals surface area contributed by atoms with Gasteiger partial charge in [0.1, 0.15) is 6.54 Å². The Kier molecular flexibility index (Phi) is 4.52. The predicted molar refractivity (Wildman–Crippen MR) is 89.3 cm³/mol. The minimum absolute atomic E-state index is 0.0812. The van der Waals surface area contributed by atoms with Crippen LogP contribution in [0.15, 0.2) is 22.7 Å². The number of benzene rings is 1. The summed E-state index contributed by atoms with van der Waals surface area (Å²) in [4.78, 5) is 37.0. The molecule has 0 spiro atoms. The van der Waals surface area contributed by atoms with E-state index in [1.807, 2.05) is 18.2 Å². The number of halogens is 1. The monoisotopic (exact) mass is 394 g/mol. The fraction of sp³-hybridized carbons (Fsp3) is 0.333. The first-order chi connectivity index (χ1) is 11.5. The second kappa shape index (κ2) is 6.60. The summed E-state index contributed by atoms with van der Waals surface area (Å²) in [6, 6.07) is 5.59. The van der Waals surface area contributed by atoms with E-state index in [0.717, 1.165) is 15.4 Å². The lowest BCUT2D eigenvalue weighted by molar-refractivity contribution is -0.141. The molecule has 2 N–H and O–H groups in total. The van der Waals surface area contributed by atoms with Gasteiger partial charge in [-0.2, -0.15) is 5.10 Å². The Bertz CT molecular complexity index is 819. The molecule has 1 saturated heterocycles. The number of aromatic amines is 1. The first kappa shape index (κ1) is 16.4. The fourth-order valence-corrected chi connectivity index (χ4v) is 3.01. The highest BCUT2D eigenvalue weighted by Crippen LogP contribution is 2.31. The lowest BCUT2D eigenvalue weighted by Crippen LogP contribution is -2.36. The van der Waals surface area contributed by atoms with E-state index in [1.165, 1.54) is 12.0 Å². The molecule has 0 radical (unpaired) electrons. The van der Waals surface area contributed by atoms with Crippen molar-refractivity contribution in [3.63, 3.8) is 0 Å². The van der Waals surface area contributed by atoms with Crippen LogP contribution in [0.3, 0.4) is 0 Å². The number of rotatable bonds is 4. The van der Waals surface area contributed by atoms with Crippen LogP contribution in [0.1, 0.15) is 6.42 Å². The highest BCUT2D eigenvalue weighted by Gasteiger charge is 2.36. The smallest absolute Gasteiger partial charge is 0.325 e. The van der Waals surface area contributed by atoms with Crippen molar-refractivity contribution < 1.29 is 19.1 Å². The summed E-state index contributed by atoms with van der Waals surface area (Å²) < 4.78 is 5.37. The molecule has 1 aliphatic rings. The predicted octanol–water partition coefficient (Wildman–Crippen LogP) is 0.968. The number of carbonyl (C=O) groups excluding carboxylic acids is 3. The molecule has 1 aromatic heterocycles. The van der Waals surface area contributed by atoms with Gasteiger partial charge in [0.15, 0.2) is 5.82 Å². The van der Waals surface area contributed by atoms with Crippen LogP contribution in [0.25, 0.3) is 10.9 Å². The number of H-pyrrole nitrogens is 1. The average molecular weight is 395 g/mol. The zero-order valence-corrected chi connectivity index (χ0v) is 14.4. The zero-order valence-electron chi connectivity index (χ0n) is 12.8. The van der Waals surface area contributed by atoms with Gasteiger partial charge in [0.2, 0.25) is 11.8 Å². The number of ether oxygens (including phenoxy) is 1. The van der Waals surface area contributed by atoms with Gasteiger partial charge in [0.05, 0.1) is 18.5 Å². The van der Waals surface area contributed by atoms with Crippen LogP contribution < -0.4 is 10.2 Å². The van der Waals surface area contributed by atoms with E-state index < -0.39 is 11.9 Å². The Balaban J connectivity index is 1.74. The maximum Gasteiger partial charge on any atom is 0.325 e.